The summed E-state index contributed by atoms with van der Waals surface area (Å²) in [5.74, 6) is -2.04. The Kier molecular flexibility index (Phi) is 5.67. The van der Waals surface area contributed by atoms with Crippen LogP contribution in [0.2, 0.25) is 0 Å². The third kappa shape index (κ3) is 3.93. The topological polar surface area (TPSA) is 64.0 Å². The van der Waals surface area contributed by atoms with Gasteiger partial charge in [0.05, 0.1) is 22.0 Å². The van der Waals surface area contributed by atoms with Crippen LogP contribution < -0.4 is 10.9 Å². The van der Waals surface area contributed by atoms with Crippen molar-refractivity contribution in [1.82, 2.24) is 9.55 Å². The molecule has 1 aliphatic heterocycles. The van der Waals surface area contributed by atoms with Crippen molar-refractivity contribution in [2.75, 3.05) is 11.1 Å². The number of hydrogen-bond acceptors (Lipinski definition) is 5. The van der Waals surface area contributed by atoms with Crippen LogP contribution in [0.4, 0.5) is 14.5 Å². The Morgan fingerprint density at radius 2 is 2.23 bits per heavy atom. The molecule has 0 unspecified atom stereocenters. The van der Waals surface area contributed by atoms with Crippen LogP contribution in [0.15, 0.2) is 33.0 Å². The lowest BCUT2D eigenvalue weighted by Crippen LogP contribution is -2.25. The maximum atomic E-state index is 13.6. The van der Waals surface area contributed by atoms with E-state index in [-0.39, 0.29) is 17.0 Å². The Bertz CT molecular complexity index is 918. The number of fused-ring (bicyclic) bond motifs is 1. The van der Waals surface area contributed by atoms with E-state index in [0.717, 1.165) is 29.9 Å². The predicted octanol–water partition coefficient (Wildman–Crippen LogP) is 3.31. The fourth-order valence-electron chi connectivity index (χ4n) is 2.63. The van der Waals surface area contributed by atoms with Gasteiger partial charge in [0.15, 0.2) is 5.16 Å². The number of hydrogen-bond donors (Lipinski definition) is 1. The van der Waals surface area contributed by atoms with Crippen molar-refractivity contribution in [2.24, 2.45) is 0 Å². The Balaban J connectivity index is 1.73. The number of carbonyl (C=O) groups is 1. The minimum atomic E-state index is -0.838. The average molecular weight is 397 g/mol. The second-order valence-corrected chi connectivity index (χ2v) is 8.20. The van der Waals surface area contributed by atoms with Crippen LogP contribution in [0.5, 0.6) is 0 Å². The molecule has 0 saturated heterocycles. The number of carbonyl (C=O) groups excluding carboxylic acids is 1. The normalized spacial score (nSPS) is 15.8. The van der Waals surface area contributed by atoms with Gasteiger partial charge in [-0.25, -0.2) is 13.8 Å². The quantitative estimate of drug-likeness (QED) is 0.620. The second-order valence-electron chi connectivity index (χ2n) is 5.81. The standard InChI is InChI=1S/C17H17F2N3O2S2/c1-3-22-16(24)15-13(6-9(2)26-15)21-17(22)25-8-14(23)20-12-5-4-10(18)7-11(12)19/h4-5,7,9H,3,6,8H2,1-2H3,(H,20,23)/t9-/m0/s1. The molecule has 3 rings (SSSR count). The Morgan fingerprint density at radius 3 is 2.92 bits per heavy atom. The fourth-order valence-corrected chi connectivity index (χ4v) is 4.62. The van der Waals surface area contributed by atoms with E-state index in [4.69, 9.17) is 0 Å². The van der Waals surface area contributed by atoms with E-state index >= 15 is 0 Å². The lowest BCUT2D eigenvalue weighted by molar-refractivity contribution is -0.113. The molecular formula is C17H17F2N3O2S2. The summed E-state index contributed by atoms with van der Waals surface area (Å²) < 4.78 is 28.1. The lowest BCUT2D eigenvalue weighted by Gasteiger charge is -2.12. The third-order valence-electron chi connectivity index (χ3n) is 3.82. The molecule has 0 aliphatic carbocycles. The van der Waals surface area contributed by atoms with Gasteiger partial charge in [0, 0.05) is 24.3 Å². The summed E-state index contributed by atoms with van der Waals surface area (Å²) in [4.78, 5) is 29.9. The molecule has 0 fully saturated rings. The van der Waals surface area contributed by atoms with Crippen molar-refractivity contribution in [3.63, 3.8) is 0 Å². The van der Waals surface area contributed by atoms with Gasteiger partial charge in [0.1, 0.15) is 11.6 Å². The molecule has 0 saturated carbocycles. The average Bonchev–Trinajstić information content (AvgIpc) is 2.96. The largest absolute Gasteiger partial charge is 0.323 e. The maximum absolute atomic E-state index is 13.6. The van der Waals surface area contributed by atoms with E-state index in [1.54, 1.807) is 4.57 Å². The van der Waals surface area contributed by atoms with Crippen molar-refractivity contribution < 1.29 is 13.6 Å². The van der Waals surface area contributed by atoms with Crippen LogP contribution in [0.25, 0.3) is 0 Å². The monoisotopic (exact) mass is 397 g/mol. The molecule has 0 bridgehead atoms. The highest BCUT2D eigenvalue weighted by atomic mass is 32.2. The van der Waals surface area contributed by atoms with Crippen LogP contribution in [-0.4, -0.2) is 26.5 Å². The number of halogens is 2. The van der Waals surface area contributed by atoms with Crippen molar-refractivity contribution in [3.8, 4) is 0 Å². The van der Waals surface area contributed by atoms with Gasteiger partial charge in [-0.1, -0.05) is 18.7 Å². The summed E-state index contributed by atoms with van der Waals surface area (Å²) in [7, 11) is 0. The number of anilines is 1. The number of rotatable bonds is 5. The van der Waals surface area contributed by atoms with E-state index in [9.17, 15) is 18.4 Å². The van der Waals surface area contributed by atoms with Gasteiger partial charge < -0.3 is 5.32 Å². The van der Waals surface area contributed by atoms with E-state index in [2.05, 4.69) is 10.3 Å². The zero-order chi connectivity index (χ0) is 18.8. The number of thioether (sulfide) groups is 2. The molecule has 2 aromatic rings. The number of nitrogens with zero attached hydrogens (tertiary/aromatic N) is 2. The van der Waals surface area contributed by atoms with Crippen molar-refractivity contribution in [1.29, 1.82) is 0 Å². The molecule has 1 aliphatic rings. The van der Waals surface area contributed by atoms with Crippen LogP contribution in [0.3, 0.4) is 0 Å². The number of aromatic nitrogens is 2. The van der Waals surface area contributed by atoms with Gasteiger partial charge in [-0.2, -0.15) is 0 Å². The summed E-state index contributed by atoms with van der Waals surface area (Å²) in [6, 6.07) is 2.95. The summed E-state index contributed by atoms with van der Waals surface area (Å²) in [6.07, 6.45) is 0.723. The molecule has 5 nitrogen and oxygen atoms in total. The van der Waals surface area contributed by atoms with Crippen molar-refractivity contribution in [3.05, 3.63) is 45.9 Å². The molecule has 1 atom stereocenters. The molecular weight excluding hydrogens is 380 g/mol. The predicted molar refractivity (Wildman–Crippen MR) is 98.9 cm³/mol. The highest BCUT2D eigenvalue weighted by Gasteiger charge is 2.26. The van der Waals surface area contributed by atoms with E-state index < -0.39 is 17.5 Å². The van der Waals surface area contributed by atoms with Gasteiger partial charge >= 0.3 is 0 Å². The fraction of sp³-hybridized carbons (Fsp3) is 0.353. The molecule has 0 radical (unpaired) electrons. The molecule has 1 aromatic carbocycles. The lowest BCUT2D eigenvalue weighted by atomic mass is 10.2. The molecule has 1 N–H and O–H groups in total. The van der Waals surface area contributed by atoms with Gasteiger partial charge in [-0.15, -0.1) is 11.8 Å². The molecule has 26 heavy (non-hydrogen) atoms. The maximum Gasteiger partial charge on any atom is 0.268 e. The second kappa shape index (κ2) is 7.79. The zero-order valence-electron chi connectivity index (χ0n) is 14.2. The zero-order valence-corrected chi connectivity index (χ0v) is 15.8. The van der Waals surface area contributed by atoms with Gasteiger partial charge in [-0.3, -0.25) is 14.2 Å². The SMILES string of the molecule is CCn1c(SCC(=O)Nc2ccc(F)cc2F)nc2c(c1=O)S[C@@H](C)C2. The first-order valence-corrected chi connectivity index (χ1v) is 9.93. The third-order valence-corrected chi connectivity index (χ3v) is 6.01. The van der Waals surface area contributed by atoms with E-state index in [1.807, 2.05) is 13.8 Å². The summed E-state index contributed by atoms with van der Waals surface area (Å²) in [6.45, 7) is 4.33. The van der Waals surface area contributed by atoms with Crippen LogP contribution in [0.1, 0.15) is 19.5 Å². The highest BCUT2D eigenvalue weighted by molar-refractivity contribution is 8.00. The Morgan fingerprint density at radius 1 is 1.46 bits per heavy atom. The summed E-state index contributed by atoms with van der Waals surface area (Å²) in [5, 5.41) is 3.18. The van der Waals surface area contributed by atoms with Crippen molar-refractivity contribution >= 4 is 35.1 Å². The van der Waals surface area contributed by atoms with Crippen LogP contribution >= 0.6 is 23.5 Å². The molecule has 9 heteroatoms. The molecule has 2 heterocycles. The van der Waals surface area contributed by atoms with E-state index in [1.165, 1.54) is 17.8 Å². The van der Waals surface area contributed by atoms with Crippen molar-refractivity contribution in [2.45, 2.75) is 42.1 Å². The Labute approximate surface area is 157 Å². The molecule has 1 amide bonds. The smallest absolute Gasteiger partial charge is 0.268 e. The molecule has 138 valence electrons. The first-order chi connectivity index (χ1) is 12.4. The molecule has 0 spiro atoms. The van der Waals surface area contributed by atoms with Crippen LogP contribution in [-0.2, 0) is 17.8 Å². The summed E-state index contributed by atoms with van der Waals surface area (Å²) >= 11 is 2.65. The first-order valence-electron chi connectivity index (χ1n) is 8.07. The van der Waals surface area contributed by atoms with Crippen LogP contribution in [0, 0.1) is 11.6 Å². The first kappa shape index (κ1) is 18.9. The highest BCUT2D eigenvalue weighted by Crippen LogP contribution is 2.34. The Hall–Kier alpha value is -1.87. The minimum Gasteiger partial charge on any atom is -0.323 e. The number of benzene rings is 1. The molecule has 1 aromatic heterocycles. The van der Waals surface area contributed by atoms with E-state index in [0.29, 0.717) is 27.9 Å². The van der Waals surface area contributed by atoms with Gasteiger partial charge in [-0.05, 0) is 19.1 Å². The van der Waals surface area contributed by atoms with Gasteiger partial charge in [0.2, 0.25) is 5.91 Å². The minimum absolute atomic E-state index is 0.0370. The van der Waals surface area contributed by atoms with Gasteiger partial charge in [0.25, 0.3) is 5.56 Å². The number of nitrogens with one attached hydrogen (secondary N) is 1. The number of amides is 1. The summed E-state index contributed by atoms with van der Waals surface area (Å²) in [5.41, 5.74) is 0.598.